The first kappa shape index (κ1) is 13.0. The van der Waals surface area contributed by atoms with Crippen LogP contribution in [0, 0.1) is 5.92 Å². The maximum Gasteiger partial charge on any atom is 0.272 e. The summed E-state index contributed by atoms with van der Waals surface area (Å²) in [5.74, 6) is 0.839. The third-order valence-corrected chi connectivity index (χ3v) is 5.97. The lowest BCUT2D eigenvalue weighted by atomic mass is 9.83. The zero-order chi connectivity index (χ0) is 14.8. The van der Waals surface area contributed by atoms with Crippen molar-refractivity contribution in [3.05, 3.63) is 35.0 Å². The first-order valence-electron chi connectivity index (χ1n) is 8.03. The minimum atomic E-state index is 0.172. The van der Waals surface area contributed by atoms with E-state index >= 15 is 0 Å². The molecule has 3 saturated heterocycles. The van der Waals surface area contributed by atoms with E-state index in [9.17, 15) is 4.79 Å². The predicted molar refractivity (Wildman–Crippen MR) is 86.1 cm³/mol. The molecule has 5 heteroatoms. The molecule has 1 atom stereocenters. The average Bonchev–Trinajstić information content (AvgIpc) is 3.06. The highest BCUT2D eigenvalue weighted by Gasteiger charge is 2.42. The second kappa shape index (κ2) is 4.49. The zero-order valence-corrected chi connectivity index (χ0v) is 13.1. The van der Waals surface area contributed by atoms with E-state index < -0.39 is 0 Å². The van der Waals surface area contributed by atoms with Gasteiger partial charge in [-0.3, -0.25) is 4.79 Å². The van der Waals surface area contributed by atoms with Gasteiger partial charge in [0.05, 0.1) is 17.2 Å². The topological polar surface area (TPSA) is 28.5 Å². The van der Waals surface area contributed by atoms with Gasteiger partial charge in [-0.2, -0.15) is 0 Å². The van der Waals surface area contributed by atoms with E-state index in [0.717, 1.165) is 28.2 Å². The highest BCUT2D eigenvalue weighted by Crippen LogP contribution is 2.37. The number of hydrogen-bond donors (Lipinski definition) is 0. The summed E-state index contributed by atoms with van der Waals surface area (Å²) in [6, 6.07) is 8.23. The Morgan fingerprint density at radius 3 is 2.73 bits per heavy atom. The number of hydrogen-bond acceptors (Lipinski definition) is 2. The van der Waals surface area contributed by atoms with E-state index in [0.29, 0.717) is 18.6 Å². The molecule has 6 rings (SSSR count). The van der Waals surface area contributed by atoms with Crippen molar-refractivity contribution < 1.29 is 4.79 Å². The Hall–Kier alpha value is -1.52. The van der Waals surface area contributed by atoms with Crippen LogP contribution in [-0.4, -0.2) is 46.0 Å². The average molecular weight is 316 g/mol. The van der Waals surface area contributed by atoms with Crippen molar-refractivity contribution in [1.29, 1.82) is 0 Å². The van der Waals surface area contributed by atoms with E-state index in [1.165, 1.54) is 25.9 Å². The second-order valence-corrected chi connectivity index (χ2v) is 7.16. The van der Waals surface area contributed by atoms with Gasteiger partial charge in [0.1, 0.15) is 5.69 Å². The lowest BCUT2D eigenvalue weighted by Crippen LogP contribution is -2.57. The van der Waals surface area contributed by atoms with Gasteiger partial charge in [0.15, 0.2) is 0 Å². The lowest BCUT2D eigenvalue weighted by molar-refractivity contribution is 0.00465. The molecule has 1 aromatic carbocycles. The molecule has 4 aliphatic heterocycles. The first-order valence-corrected chi connectivity index (χ1v) is 8.41. The van der Waals surface area contributed by atoms with E-state index in [2.05, 4.69) is 14.4 Å². The Balaban J connectivity index is 1.55. The molecule has 1 unspecified atom stereocenters. The number of amides is 1. The van der Waals surface area contributed by atoms with Crippen molar-refractivity contribution in [1.82, 2.24) is 14.4 Å². The van der Waals surface area contributed by atoms with Crippen LogP contribution in [0.25, 0.3) is 10.9 Å². The molecule has 0 saturated carbocycles. The number of piperidine rings is 3. The molecule has 1 amide bonds. The summed E-state index contributed by atoms with van der Waals surface area (Å²) in [6.07, 6.45) is 2.45. The molecule has 114 valence electrons. The van der Waals surface area contributed by atoms with Gasteiger partial charge in [-0.15, -0.1) is 0 Å². The van der Waals surface area contributed by atoms with Crippen molar-refractivity contribution in [2.45, 2.75) is 25.6 Å². The third kappa shape index (κ3) is 1.65. The highest BCUT2D eigenvalue weighted by atomic mass is 35.5. The number of halogens is 1. The van der Waals surface area contributed by atoms with Gasteiger partial charge in [-0.1, -0.05) is 23.7 Å². The smallest absolute Gasteiger partial charge is 0.272 e. The first-order chi connectivity index (χ1) is 10.7. The fraction of sp³-hybridized carbons (Fsp3) is 0.471. The molecule has 2 bridgehead atoms. The van der Waals surface area contributed by atoms with Crippen molar-refractivity contribution in [2.24, 2.45) is 5.92 Å². The second-order valence-electron chi connectivity index (χ2n) is 6.76. The van der Waals surface area contributed by atoms with Crippen LogP contribution in [0.5, 0.6) is 0 Å². The molecule has 0 radical (unpaired) electrons. The summed E-state index contributed by atoms with van der Waals surface area (Å²) in [5.41, 5.74) is 1.79. The van der Waals surface area contributed by atoms with Crippen LogP contribution in [0.3, 0.4) is 0 Å². The molecule has 2 aromatic rings. The standard InChI is InChI=1S/C17H18ClN3O/c18-13-3-1-2-12-8-14-17(22)21(10-20(14)16(12)13)15-9-19-6-4-11(15)5-7-19/h1-3,8,11,15H,4-7,9-10H2. The molecule has 5 heterocycles. The van der Waals surface area contributed by atoms with Gasteiger partial charge < -0.3 is 14.4 Å². The minimum absolute atomic E-state index is 0.172. The van der Waals surface area contributed by atoms with Gasteiger partial charge in [-0.25, -0.2) is 0 Å². The Morgan fingerprint density at radius 2 is 2.00 bits per heavy atom. The van der Waals surface area contributed by atoms with Crippen molar-refractivity contribution in [3.63, 3.8) is 0 Å². The molecule has 4 nitrogen and oxygen atoms in total. The summed E-state index contributed by atoms with van der Waals surface area (Å²) in [7, 11) is 0. The molecule has 1 aromatic heterocycles. The molecule has 0 spiro atoms. The molecular weight excluding hydrogens is 298 g/mol. The van der Waals surface area contributed by atoms with Gasteiger partial charge >= 0.3 is 0 Å². The van der Waals surface area contributed by atoms with E-state index in [1.54, 1.807) is 0 Å². The Bertz CT molecular complexity index is 776. The molecule has 0 aliphatic carbocycles. The monoisotopic (exact) mass is 315 g/mol. The SMILES string of the molecule is O=C1c2cc3cccc(Cl)c3n2CN1C1CN2CCC1CC2. The Morgan fingerprint density at radius 1 is 1.18 bits per heavy atom. The number of nitrogens with zero attached hydrogens (tertiary/aromatic N) is 3. The zero-order valence-electron chi connectivity index (χ0n) is 12.3. The molecule has 3 fully saturated rings. The number of rotatable bonds is 1. The fourth-order valence-corrected chi connectivity index (χ4v) is 4.79. The fourth-order valence-electron chi connectivity index (χ4n) is 4.51. The maximum absolute atomic E-state index is 12.9. The normalized spacial score (nSPS) is 30.3. The van der Waals surface area contributed by atoms with Crippen LogP contribution >= 0.6 is 11.6 Å². The summed E-state index contributed by atoms with van der Waals surface area (Å²) in [4.78, 5) is 17.5. The van der Waals surface area contributed by atoms with Crippen LogP contribution in [0.4, 0.5) is 0 Å². The van der Waals surface area contributed by atoms with Crippen molar-refractivity contribution in [3.8, 4) is 0 Å². The summed E-state index contributed by atoms with van der Waals surface area (Å²) >= 11 is 6.37. The molecule has 0 N–H and O–H groups in total. The Kier molecular flexibility index (Phi) is 2.65. The molecule has 22 heavy (non-hydrogen) atoms. The molecular formula is C17H18ClN3O. The lowest BCUT2D eigenvalue weighted by Gasteiger charge is -2.47. The largest absolute Gasteiger partial charge is 0.317 e. The van der Waals surface area contributed by atoms with Gasteiger partial charge in [0.25, 0.3) is 5.91 Å². The van der Waals surface area contributed by atoms with E-state index in [-0.39, 0.29) is 5.91 Å². The summed E-state index contributed by atoms with van der Waals surface area (Å²) < 4.78 is 2.09. The highest BCUT2D eigenvalue weighted by molar-refractivity contribution is 6.35. The van der Waals surface area contributed by atoms with Gasteiger partial charge in [0.2, 0.25) is 0 Å². The number of carbonyl (C=O) groups is 1. The van der Waals surface area contributed by atoms with Crippen LogP contribution < -0.4 is 0 Å². The minimum Gasteiger partial charge on any atom is -0.317 e. The van der Waals surface area contributed by atoms with Crippen LogP contribution in [0.1, 0.15) is 23.3 Å². The van der Waals surface area contributed by atoms with Gasteiger partial charge in [-0.05, 0) is 44.0 Å². The number of carbonyl (C=O) groups excluding carboxylic acids is 1. The number of benzene rings is 1. The number of aromatic nitrogens is 1. The number of para-hydroxylation sites is 1. The Labute approximate surface area is 134 Å². The third-order valence-electron chi connectivity index (χ3n) is 5.67. The quantitative estimate of drug-likeness (QED) is 0.809. The van der Waals surface area contributed by atoms with E-state index in [4.69, 9.17) is 11.6 Å². The maximum atomic E-state index is 12.9. The number of fused-ring (bicyclic) bond motifs is 6. The van der Waals surface area contributed by atoms with E-state index in [1.807, 2.05) is 24.3 Å². The van der Waals surface area contributed by atoms with Crippen molar-refractivity contribution in [2.75, 3.05) is 19.6 Å². The van der Waals surface area contributed by atoms with Crippen LogP contribution in [0.15, 0.2) is 24.3 Å². The van der Waals surface area contributed by atoms with Crippen molar-refractivity contribution >= 4 is 28.4 Å². The van der Waals surface area contributed by atoms with Crippen LogP contribution in [-0.2, 0) is 6.67 Å². The van der Waals surface area contributed by atoms with Crippen LogP contribution in [0.2, 0.25) is 5.02 Å². The summed E-state index contributed by atoms with van der Waals surface area (Å²) in [5, 5.41) is 1.79. The molecule has 4 aliphatic rings. The van der Waals surface area contributed by atoms with Gasteiger partial charge in [0, 0.05) is 18.0 Å². The summed E-state index contributed by atoms with van der Waals surface area (Å²) in [6.45, 7) is 4.08. The predicted octanol–water partition coefficient (Wildman–Crippen LogP) is 2.80.